The smallest absolute Gasteiger partial charge is 0.260 e. The first-order chi connectivity index (χ1) is 15.4. The SMILES string of the molecule is O=C1COc2ccc(Cl)cc2C2CCC(CC2)OCC2[C@@H](NS(=O)(=O)C3CC3)CCCN12. The summed E-state index contributed by atoms with van der Waals surface area (Å²) in [6.07, 6.45) is 6.80. The minimum atomic E-state index is -3.35. The lowest BCUT2D eigenvalue weighted by atomic mass is 9.82. The van der Waals surface area contributed by atoms with E-state index >= 15 is 0 Å². The Hall–Kier alpha value is -1.35. The summed E-state index contributed by atoms with van der Waals surface area (Å²) in [5.41, 5.74) is 1.06. The highest BCUT2D eigenvalue weighted by atomic mass is 35.5. The number of piperidine rings is 1. The van der Waals surface area contributed by atoms with Gasteiger partial charge in [0.1, 0.15) is 5.75 Å². The fourth-order valence-corrected chi connectivity index (χ4v) is 7.19. The Morgan fingerprint density at radius 1 is 1.06 bits per heavy atom. The molecule has 176 valence electrons. The first-order valence-corrected chi connectivity index (χ1v) is 13.7. The molecule has 2 bridgehead atoms. The largest absolute Gasteiger partial charge is 0.483 e. The molecule has 5 aliphatic rings. The van der Waals surface area contributed by atoms with Crippen LogP contribution < -0.4 is 9.46 Å². The third-order valence-electron chi connectivity index (χ3n) is 7.32. The van der Waals surface area contributed by atoms with Gasteiger partial charge < -0.3 is 14.4 Å². The van der Waals surface area contributed by atoms with E-state index in [4.69, 9.17) is 21.1 Å². The van der Waals surface area contributed by atoms with Crippen LogP contribution in [-0.4, -0.2) is 62.4 Å². The normalized spacial score (nSPS) is 31.5. The molecule has 2 aliphatic carbocycles. The third kappa shape index (κ3) is 4.79. The van der Waals surface area contributed by atoms with Crippen molar-refractivity contribution in [1.29, 1.82) is 0 Å². The standard InChI is InChI=1S/C23H31ClN2O5S/c24-16-5-10-22-19(12-16)15-3-6-17(7-4-15)30-13-21-20(25-32(28,29)18-8-9-18)2-1-11-26(21)23(27)14-31-22/h5,10,12,15,17-18,20-21,25H,1-4,6-9,11,13-14H2/t15?,17?,20-,21?/m0/s1. The van der Waals surface area contributed by atoms with E-state index in [9.17, 15) is 13.2 Å². The second kappa shape index (κ2) is 9.12. The average Bonchev–Trinajstić information content (AvgIpc) is 3.63. The molecule has 2 saturated carbocycles. The second-order valence-corrected chi connectivity index (χ2v) is 12.0. The maximum absolute atomic E-state index is 13.2. The molecule has 3 fully saturated rings. The van der Waals surface area contributed by atoms with Crippen LogP contribution in [0.5, 0.6) is 5.75 Å². The summed E-state index contributed by atoms with van der Waals surface area (Å²) in [5.74, 6) is 0.910. The van der Waals surface area contributed by atoms with Crippen LogP contribution in [0.25, 0.3) is 0 Å². The van der Waals surface area contributed by atoms with E-state index in [1.165, 1.54) is 0 Å². The van der Waals surface area contributed by atoms with E-state index < -0.39 is 10.0 Å². The molecular weight excluding hydrogens is 452 g/mol. The Kier molecular flexibility index (Phi) is 6.40. The van der Waals surface area contributed by atoms with E-state index in [0.717, 1.165) is 37.7 Å². The Morgan fingerprint density at radius 2 is 1.84 bits per heavy atom. The van der Waals surface area contributed by atoms with Crippen molar-refractivity contribution in [2.45, 2.75) is 80.7 Å². The summed E-state index contributed by atoms with van der Waals surface area (Å²) in [7, 11) is -3.35. The van der Waals surface area contributed by atoms with Gasteiger partial charge in [0.2, 0.25) is 10.0 Å². The number of hydrogen-bond acceptors (Lipinski definition) is 5. The number of ether oxygens (including phenoxy) is 2. The number of benzene rings is 1. The number of halogens is 1. The van der Waals surface area contributed by atoms with Gasteiger partial charge in [-0.2, -0.15) is 0 Å². The number of fused-ring (bicyclic) bond motifs is 5. The summed E-state index contributed by atoms with van der Waals surface area (Å²) in [6, 6.07) is 4.96. The summed E-state index contributed by atoms with van der Waals surface area (Å²) in [6.45, 7) is 0.847. The number of carbonyl (C=O) groups excluding carboxylic acids is 1. The Labute approximate surface area is 194 Å². The summed E-state index contributed by atoms with van der Waals surface area (Å²) < 4.78 is 40.5. The highest BCUT2D eigenvalue weighted by Crippen LogP contribution is 2.40. The third-order valence-corrected chi connectivity index (χ3v) is 9.53. The summed E-state index contributed by atoms with van der Waals surface area (Å²) >= 11 is 6.27. The number of nitrogens with one attached hydrogen (secondary N) is 1. The average molecular weight is 483 g/mol. The van der Waals surface area contributed by atoms with Crippen molar-refractivity contribution in [3.63, 3.8) is 0 Å². The molecule has 0 radical (unpaired) electrons. The molecule has 3 aliphatic heterocycles. The molecule has 6 rings (SSSR count). The van der Waals surface area contributed by atoms with Crippen molar-refractivity contribution in [2.75, 3.05) is 19.8 Å². The van der Waals surface area contributed by atoms with Gasteiger partial charge in [-0.05, 0) is 81.0 Å². The van der Waals surface area contributed by atoms with Gasteiger partial charge in [0.05, 0.1) is 24.0 Å². The summed E-state index contributed by atoms with van der Waals surface area (Å²) in [5, 5.41) is 0.384. The topological polar surface area (TPSA) is 84.9 Å². The predicted molar refractivity (Wildman–Crippen MR) is 121 cm³/mol. The van der Waals surface area contributed by atoms with Gasteiger partial charge >= 0.3 is 0 Å². The van der Waals surface area contributed by atoms with Crippen molar-refractivity contribution >= 4 is 27.5 Å². The van der Waals surface area contributed by atoms with E-state index in [1.54, 1.807) is 11.0 Å². The van der Waals surface area contributed by atoms with Crippen LogP contribution in [0.4, 0.5) is 0 Å². The molecule has 0 aromatic heterocycles. The molecule has 2 atom stereocenters. The zero-order chi connectivity index (χ0) is 22.3. The predicted octanol–water partition coefficient (Wildman–Crippen LogP) is 3.22. The molecule has 1 N–H and O–H groups in total. The number of amides is 1. The van der Waals surface area contributed by atoms with Crippen LogP contribution >= 0.6 is 11.6 Å². The van der Waals surface area contributed by atoms with Gasteiger partial charge in [-0.25, -0.2) is 13.1 Å². The van der Waals surface area contributed by atoms with E-state index in [0.29, 0.717) is 49.1 Å². The van der Waals surface area contributed by atoms with Crippen LogP contribution in [0, 0.1) is 0 Å². The molecule has 7 nitrogen and oxygen atoms in total. The highest BCUT2D eigenvalue weighted by Gasteiger charge is 2.42. The number of hydrogen-bond donors (Lipinski definition) is 1. The van der Waals surface area contributed by atoms with E-state index in [-0.39, 0.29) is 36.0 Å². The van der Waals surface area contributed by atoms with Crippen LogP contribution in [0.15, 0.2) is 18.2 Å². The van der Waals surface area contributed by atoms with Crippen molar-refractivity contribution in [3.05, 3.63) is 28.8 Å². The van der Waals surface area contributed by atoms with Gasteiger partial charge in [0.25, 0.3) is 5.91 Å². The zero-order valence-electron chi connectivity index (χ0n) is 18.2. The van der Waals surface area contributed by atoms with Crippen LogP contribution in [-0.2, 0) is 19.6 Å². The Bertz CT molecular complexity index is 959. The number of nitrogens with zero attached hydrogens (tertiary/aromatic N) is 1. The Balaban J connectivity index is 1.41. The van der Waals surface area contributed by atoms with Gasteiger partial charge in [0, 0.05) is 17.6 Å². The van der Waals surface area contributed by atoms with Gasteiger partial charge in [-0.1, -0.05) is 11.6 Å². The fourth-order valence-electron chi connectivity index (χ4n) is 5.36. The van der Waals surface area contributed by atoms with E-state index in [2.05, 4.69) is 4.72 Å². The molecule has 0 spiro atoms. The van der Waals surface area contributed by atoms with Crippen molar-refractivity contribution < 1.29 is 22.7 Å². The van der Waals surface area contributed by atoms with Gasteiger partial charge in [0.15, 0.2) is 6.61 Å². The van der Waals surface area contributed by atoms with Crippen molar-refractivity contribution in [2.24, 2.45) is 0 Å². The van der Waals surface area contributed by atoms with E-state index in [1.807, 2.05) is 12.1 Å². The minimum absolute atomic E-state index is 0.0800. The van der Waals surface area contributed by atoms with Crippen molar-refractivity contribution in [3.8, 4) is 5.75 Å². The van der Waals surface area contributed by atoms with Gasteiger partial charge in [-0.3, -0.25) is 4.79 Å². The number of sulfonamides is 1. The first-order valence-electron chi connectivity index (χ1n) is 11.7. The summed E-state index contributed by atoms with van der Waals surface area (Å²) in [4.78, 5) is 15.0. The van der Waals surface area contributed by atoms with Crippen LogP contribution in [0.2, 0.25) is 5.02 Å². The Morgan fingerprint density at radius 3 is 2.59 bits per heavy atom. The monoisotopic (exact) mass is 482 g/mol. The molecule has 3 heterocycles. The minimum Gasteiger partial charge on any atom is -0.483 e. The molecular formula is C23H31ClN2O5S. The van der Waals surface area contributed by atoms with Crippen LogP contribution in [0.3, 0.4) is 0 Å². The number of carbonyl (C=O) groups is 1. The molecule has 1 aromatic rings. The lowest BCUT2D eigenvalue weighted by Gasteiger charge is -2.42. The molecule has 32 heavy (non-hydrogen) atoms. The van der Waals surface area contributed by atoms with Crippen molar-refractivity contribution in [1.82, 2.24) is 9.62 Å². The number of rotatable bonds is 3. The fraction of sp³-hybridized carbons (Fsp3) is 0.696. The van der Waals surface area contributed by atoms with Gasteiger partial charge in [-0.15, -0.1) is 0 Å². The molecule has 1 amide bonds. The maximum Gasteiger partial charge on any atom is 0.260 e. The molecule has 1 saturated heterocycles. The second-order valence-electron chi connectivity index (χ2n) is 9.54. The quantitative estimate of drug-likeness (QED) is 0.715. The highest BCUT2D eigenvalue weighted by molar-refractivity contribution is 7.90. The molecule has 1 aromatic carbocycles. The molecule has 9 heteroatoms. The maximum atomic E-state index is 13.2. The first kappa shape index (κ1) is 22.4. The zero-order valence-corrected chi connectivity index (χ0v) is 19.7. The lowest BCUT2D eigenvalue weighted by Crippen LogP contribution is -2.60. The van der Waals surface area contributed by atoms with Crippen LogP contribution in [0.1, 0.15) is 62.8 Å². The lowest BCUT2D eigenvalue weighted by molar-refractivity contribution is -0.140. The molecule has 1 unspecified atom stereocenters.